The van der Waals surface area contributed by atoms with Gasteiger partial charge in [-0.2, -0.15) is 0 Å². The highest BCUT2D eigenvalue weighted by Gasteiger charge is 2.29. The lowest BCUT2D eigenvalue weighted by Crippen LogP contribution is -2.17. The number of fused-ring (bicyclic) bond motifs is 1. The predicted octanol–water partition coefficient (Wildman–Crippen LogP) is 4.67. The third-order valence-corrected chi connectivity index (χ3v) is 6.12. The molecule has 1 atom stereocenters. The Morgan fingerprint density at radius 1 is 1.31 bits per heavy atom. The van der Waals surface area contributed by atoms with E-state index in [9.17, 15) is 9.59 Å². The zero-order chi connectivity index (χ0) is 21.0. The summed E-state index contributed by atoms with van der Waals surface area (Å²) in [7, 11) is 0. The second kappa shape index (κ2) is 9.31. The van der Waals surface area contributed by atoms with Crippen LogP contribution in [-0.4, -0.2) is 25.1 Å². The summed E-state index contributed by atoms with van der Waals surface area (Å²) in [6, 6.07) is 4.98. The summed E-state index contributed by atoms with van der Waals surface area (Å²) in [6.45, 7) is 6.86. The number of carbonyl (C=O) groups excluding carboxylic acids is 2. The molecule has 0 saturated carbocycles. The van der Waals surface area contributed by atoms with Crippen molar-refractivity contribution < 1.29 is 19.1 Å². The molecule has 6 nitrogen and oxygen atoms in total. The Labute approximate surface area is 175 Å². The number of nitrogen functional groups attached to an aromatic ring is 1. The Morgan fingerprint density at radius 3 is 2.79 bits per heavy atom. The van der Waals surface area contributed by atoms with Crippen LogP contribution in [0, 0.1) is 5.92 Å². The second-order valence-corrected chi connectivity index (χ2v) is 8.44. The molecule has 1 aliphatic carbocycles. The molecule has 1 aromatic carbocycles. The van der Waals surface area contributed by atoms with E-state index in [2.05, 4.69) is 12.2 Å². The molecule has 0 aliphatic heterocycles. The minimum Gasteiger partial charge on any atom is -0.491 e. The molecule has 0 spiro atoms. The van der Waals surface area contributed by atoms with Crippen LogP contribution in [0.5, 0.6) is 5.75 Å². The molecule has 2 aromatic rings. The molecule has 156 valence electrons. The highest BCUT2D eigenvalue weighted by Crippen LogP contribution is 2.40. The molecule has 29 heavy (non-hydrogen) atoms. The van der Waals surface area contributed by atoms with Gasteiger partial charge >= 0.3 is 5.97 Å². The third kappa shape index (κ3) is 4.72. The van der Waals surface area contributed by atoms with Crippen molar-refractivity contribution in [2.75, 3.05) is 24.3 Å². The number of ether oxygens (including phenoxy) is 2. The number of benzene rings is 1. The molecule has 0 fully saturated rings. The van der Waals surface area contributed by atoms with Gasteiger partial charge in [-0.25, -0.2) is 4.79 Å². The molecule has 1 unspecified atom stereocenters. The number of thiophene rings is 1. The zero-order valence-corrected chi connectivity index (χ0v) is 18.0. The first kappa shape index (κ1) is 21.2. The number of nitrogens with one attached hydrogen (secondary N) is 1. The fourth-order valence-corrected chi connectivity index (χ4v) is 4.86. The van der Waals surface area contributed by atoms with E-state index in [1.165, 1.54) is 11.3 Å². The average Bonchev–Trinajstić information content (AvgIpc) is 3.03. The standard InChI is InChI=1S/C22H28N2O4S/c1-4-10-28-17-9-7-14(12-16(17)23)20(25)24-21-19(22(26)27-5-2)15-8-6-13(3)11-18(15)29-21/h7,9,12-13H,4-6,8,10-11,23H2,1-3H3,(H,24,25). The minimum absolute atomic E-state index is 0.295. The maximum atomic E-state index is 12.8. The predicted molar refractivity (Wildman–Crippen MR) is 116 cm³/mol. The van der Waals surface area contributed by atoms with Crippen molar-refractivity contribution in [1.82, 2.24) is 0 Å². The van der Waals surface area contributed by atoms with Crippen molar-refractivity contribution in [3.63, 3.8) is 0 Å². The van der Waals surface area contributed by atoms with Crippen LogP contribution in [0.3, 0.4) is 0 Å². The maximum absolute atomic E-state index is 12.8. The van der Waals surface area contributed by atoms with E-state index in [0.717, 1.165) is 36.1 Å². The molecular formula is C22H28N2O4S. The lowest BCUT2D eigenvalue weighted by molar-refractivity contribution is 0.0526. The molecule has 1 aliphatic rings. The van der Waals surface area contributed by atoms with Crippen molar-refractivity contribution >= 4 is 33.9 Å². The van der Waals surface area contributed by atoms with Gasteiger partial charge in [-0.3, -0.25) is 4.79 Å². The normalized spacial score (nSPS) is 15.5. The SMILES string of the molecule is CCCOc1ccc(C(=O)Nc2sc3c(c2C(=O)OCC)CCC(C)C3)cc1N. The molecule has 0 saturated heterocycles. The van der Waals surface area contributed by atoms with Crippen LogP contribution >= 0.6 is 11.3 Å². The summed E-state index contributed by atoms with van der Waals surface area (Å²) in [5.41, 5.74) is 8.38. The highest BCUT2D eigenvalue weighted by atomic mass is 32.1. The van der Waals surface area contributed by atoms with Gasteiger partial charge in [0, 0.05) is 10.4 Å². The number of amides is 1. The first-order valence-electron chi connectivity index (χ1n) is 10.1. The number of hydrogen-bond donors (Lipinski definition) is 2. The monoisotopic (exact) mass is 416 g/mol. The van der Waals surface area contributed by atoms with Crippen LogP contribution in [0.2, 0.25) is 0 Å². The van der Waals surface area contributed by atoms with Gasteiger partial charge in [0.25, 0.3) is 5.91 Å². The molecule has 1 aromatic heterocycles. The lowest BCUT2D eigenvalue weighted by Gasteiger charge is -2.18. The van der Waals surface area contributed by atoms with Gasteiger partial charge in [-0.1, -0.05) is 13.8 Å². The summed E-state index contributed by atoms with van der Waals surface area (Å²) in [6.07, 6.45) is 3.64. The number of anilines is 2. The van der Waals surface area contributed by atoms with Gasteiger partial charge in [-0.15, -0.1) is 11.3 Å². The van der Waals surface area contributed by atoms with E-state index in [-0.39, 0.29) is 11.9 Å². The lowest BCUT2D eigenvalue weighted by atomic mass is 9.88. The first-order chi connectivity index (χ1) is 13.9. The molecule has 0 radical (unpaired) electrons. The molecule has 3 rings (SSSR count). The van der Waals surface area contributed by atoms with Crippen LogP contribution in [-0.2, 0) is 17.6 Å². The Bertz CT molecular complexity index is 906. The van der Waals surface area contributed by atoms with Gasteiger partial charge in [0.2, 0.25) is 0 Å². The maximum Gasteiger partial charge on any atom is 0.341 e. The van der Waals surface area contributed by atoms with Gasteiger partial charge in [0.1, 0.15) is 10.8 Å². The minimum atomic E-state index is -0.377. The molecule has 1 heterocycles. The number of nitrogens with two attached hydrogens (primary N) is 1. The van der Waals surface area contributed by atoms with E-state index in [4.69, 9.17) is 15.2 Å². The van der Waals surface area contributed by atoms with Crippen molar-refractivity contribution in [3.05, 3.63) is 39.8 Å². The van der Waals surface area contributed by atoms with Crippen LogP contribution in [0.15, 0.2) is 18.2 Å². The third-order valence-electron chi connectivity index (χ3n) is 4.95. The Morgan fingerprint density at radius 2 is 2.10 bits per heavy atom. The van der Waals surface area contributed by atoms with Gasteiger partial charge in [0.15, 0.2) is 0 Å². The Kier molecular flexibility index (Phi) is 6.79. The largest absolute Gasteiger partial charge is 0.491 e. The number of esters is 1. The molecule has 3 N–H and O–H groups in total. The van der Waals surface area contributed by atoms with Gasteiger partial charge in [-0.05, 0) is 62.3 Å². The summed E-state index contributed by atoms with van der Waals surface area (Å²) in [4.78, 5) is 26.6. The van der Waals surface area contributed by atoms with Crippen molar-refractivity contribution in [2.24, 2.45) is 5.92 Å². The fourth-order valence-electron chi connectivity index (χ4n) is 3.47. The van der Waals surface area contributed by atoms with E-state index < -0.39 is 0 Å². The number of rotatable bonds is 7. The van der Waals surface area contributed by atoms with Gasteiger partial charge in [0.05, 0.1) is 24.5 Å². The molecule has 1 amide bonds. The molecule has 7 heteroatoms. The van der Waals surface area contributed by atoms with Crippen molar-refractivity contribution in [2.45, 2.75) is 46.5 Å². The van der Waals surface area contributed by atoms with Crippen LogP contribution in [0.1, 0.15) is 64.8 Å². The van der Waals surface area contributed by atoms with Gasteiger partial charge < -0.3 is 20.5 Å². The average molecular weight is 417 g/mol. The molecule has 0 bridgehead atoms. The van der Waals surface area contributed by atoms with Crippen LogP contribution in [0.25, 0.3) is 0 Å². The van der Waals surface area contributed by atoms with E-state index in [0.29, 0.717) is 46.7 Å². The first-order valence-corrected chi connectivity index (χ1v) is 10.9. The zero-order valence-electron chi connectivity index (χ0n) is 17.2. The smallest absolute Gasteiger partial charge is 0.341 e. The van der Waals surface area contributed by atoms with E-state index >= 15 is 0 Å². The van der Waals surface area contributed by atoms with Crippen LogP contribution < -0.4 is 15.8 Å². The van der Waals surface area contributed by atoms with E-state index in [1.807, 2.05) is 6.92 Å². The summed E-state index contributed by atoms with van der Waals surface area (Å²) in [5, 5.41) is 3.46. The fraction of sp³-hybridized carbons (Fsp3) is 0.455. The number of carbonyl (C=O) groups is 2. The highest BCUT2D eigenvalue weighted by molar-refractivity contribution is 7.17. The van der Waals surface area contributed by atoms with Crippen molar-refractivity contribution in [3.8, 4) is 5.75 Å². The topological polar surface area (TPSA) is 90.6 Å². The summed E-state index contributed by atoms with van der Waals surface area (Å²) >= 11 is 1.47. The van der Waals surface area contributed by atoms with E-state index in [1.54, 1.807) is 25.1 Å². The van der Waals surface area contributed by atoms with Crippen LogP contribution in [0.4, 0.5) is 10.7 Å². The Balaban J connectivity index is 1.86. The van der Waals surface area contributed by atoms with Crippen molar-refractivity contribution in [1.29, 1.82) is 0 Å². The summed E-state index contributed by atoms with van der Waals surface area (Å²) in [5.74, 6) is 0.444. The second-order valence-electron chi connectivity index (χ2n) is 7.33. The quantitative estimate of drug-likeness (QED) is 0.505. The Hall–Kier alpha value is -2.54. The molecular weight excluding hydrogens is 388 g/mol. The number of hydrogen-bond acceptors (Lipinski definition) is 6. The summed E-state index contributed by atoms with van der Waals surface area (Å²) < 4.78 is 10.8.